The first kappa shape index (κ1) is 13.6. The molecule has 2 heteroatoms. The molecule has 0 aliphatic carbocycles. The summed E-state index contributed by atoms with van der Waals surface area (Å²) in [7, 11) is 0. The van der Waals surface area contributed by atoms with Crippen molar-refractivity contribution >= 4 is 10.8 Å². The van der Waals surface area contributed by atoms with Crippen LogP contribution in [0, 0.1) is 5.92 Å². The van der Waals surface area contributed by atoms with Gasteiger partial charge >= 0.3 is 0 Å². The fourth-order valence-electron chi connectivity index (χ4n) is 2.49. The normalized spacial score (nSPS) is 12.8. The van der Waals surface area contributed by atoms with Crippen LogP contribution in [-0.2, 0) is 0 Å². The van der Waals surface area contributed by atoms with Gasteiger partial charge in [-0.2, -0.15) is 0 Å². The summed E-state index contributed by atoms with van der Waals surface area (Å²) in [4.78, 5) is 0. The van der Waals surface area contributed by atoms with Crippen molar-refractivity contribution in [3.8, 4) is 5.75 Å². The highest BCUT2D eigenvalue weighted by Gasteiger charge is 2.20. The SMILES string of the molecule is C=CCNC(c1c(O)ccc2ccccc12)C(C)C. The second-order valence-corrected chi connectivity index (χ2v) is 5.14. The number of fused-ring (bicyclic) bond motifs is 1. The quantitative estimate of drug-likeness (QED) is 0.791. The molecule has 0 aromatic heterocycles. The molecule has 100 valence electrons. The van der Waals surface area contributed by atoms with Crippen LogP contribution in [-0.4, -0.2) is 11.7 Å². The Balaban J connectivity index is 2.57. The van der Waals surface area contributed by atoms with Crippen LogP contribution in [0.15, 0.2) is 49.1 Å². The molecule has 0 radical (unpaired) electrons. The van der Waals surface area contributed by atoms with Crippen LogP contribution in [0.2, 0.25) is 0 Å². The molecule has 0 saturated carbocycles. The Hall–Kier alpha value is -1.80. The maximum Gasteiger partial charge on any atom is 0.121 e. The third kappa shape index (κ3) is 2.79. The van der Waals surface area contributed by atoms with Gasteiger partial charge in [0.25, 0.3) is 0 Å². The van der Waals surface area contributed by atoms with Crippen LogP contribution in [0.4, 0.5) is 0 Å². The van der Waals surface area contributed by atoms with Crippen molar-refractivity contribution in [3.63, 3.8) is 0 Å². The summed E-state index contributed by atoms with van der Waals surface area (Å²) in [5.74, 6) is 0.741. The summed E-state index contributed by atoms with van der Waals surface area (Å²) >= 11 is 0. The topological polar surface area (TPSA) is 32.3 Å². The Labute approximate surface area is 114 Å². The van der Waals surface area contributed by atoms with Gasteiger partial charge in [0.05, 0.1) is 0 Å². The lowest BCUT2D eigenvalue weighted by Crippen LogP contribution is -2.26. The Morgan fingerprint density at radius 3 is 2.63 bits per heavy atom. The molecule has 2 N–H and O–H groups in total. The monoisotopic (exact) mass is 255 g/mol. The van der Waals surface area contributed by atoms with Crippen molar-refractivity contribution in [2.45, 2.75) is 19.9 Å². The fraction of sp³-hybridized carbons (Fsp3) is 0.294. The van der Waals surface area contributed by atoms with E-state index in [4.69, 9.17) is 0 Å². The Bertz CT molecular complexity index is 574. The van der Waals surface area contributed by atoms with Gasteiger partial charge in [-0.1, -0.05) is 50.3 Å². The molecule has 1 unspecified atom stereocenters. The molecule has 0 bridgehead atoms. The lowest BCUT2D eigenvalue weighted by molar-refractivity contribution is 0.402. The minimum atomic E-state index is 0.115. The number of rotatable bonds is 5. The zero-order chi connectivity index (χ0) is 13.8. The molecule has 0 aliphatic rings. The lowest BCUT2D eigenvalue weighted by atomic mass is 9.91. The van der Waals surface area contributed by atoms with E-state index in [1.54, 1.807) is 6.07 Å². The molecule has 0 aliphatic heterocycles. The molecular weight excluding hydrogens is 234 g/mol. The third-order valence-electron chi connectivity index (χ3n) is 3.41. The molecule has 0 spiro atoms. The minimum absolute atomic E-state index is 0.115. The van der Waals surface area contributed by atoms with Crippen molar-refractivity contribution in [1.29, 1.82) is 0 Å². The average Bonchev–Trinajstić information content (AvgIpc) is 2.41. The Morgan fingerprint density at radius 2 is 1.95 bits per heavy atom. The summed E-state index contributed by atoms with van der Waals surface area (Å²) in [6.07, 6.45) is 1.84. The molecule has 0 saturated heterocycles. The van der Waals surface area contributed by atoms with Crippen molar-refractivity contribution < 1.29 is 5.11 Å². The minimum Gasteiger partial charge on any atom is -0.508 e. The zero-order valence-corrected chi connectivity index (χ0v) is 11.6. The van der Waals surface area contributed by atoms with E-state index in [2.05, 4.69) is 37.9 Å². The van der Waals surface area contributed by atoms with E-state index < -0.39 is 0 Å². The van der Waals surface area contributed by atoms with Crippen LogP contribution < -0.4 is 5.32 Å². The second-order valence-electron chi connectivity index (χ2n) is 5.14. The highest BCUT2D eigenvalue weighted by molar-refractivity contribution is 5.88. The number of phenols is 1. The largest absolute Gasteiger partial charge is 0.508 e. The first-order chi connectivity index (χ1) is 9.15. The zero-order valence-electron chi connectivity index (χ0n) is 11.6. The van der Waals surface area contributed by atoms with E-state index in [1.807, 2.05) is 24.3 Å². The van der Waals surface area contributed by atoms with Gasteiger partial charge in [0.1, 0.15) is 5.75 Å². The maximum atomic E-state index is 10.3. The first-order valence-corrected chi connectivity index (χ1v) is 6.70. The number of nitrogens with one attached hydrogen (secondary N) is 1. The number of benzene rings is 2. The first-order valence-electron chi connectivity index (χ1n) is 6.70. The van der Waals surface area contributed by atoms with Crippen LogP contribution in [0.3, 0.4) is 0 Å². The summed E-state index contributed by atoms with van der Waals surface area (Å²) < 4.78 is 0. The number of phenolic OH excluding ortho intramolecular Hbond substituents is 1. The Morgan fingerprint density at radius 1 is 1.21 bits per heavy atom. The summed E-state index contributed by atoms with van der Waals surface area (Å²) in [6.45, 7) is 8.78. The molecule has 19 heavy (non-hydrogen) atoms. The number of aromatic hydroxyl groups is 1. The van der Waals surface area contributed by atoms with Gasteiger partial charge in [-0.25, -0.2) is 0 Å². The molecule has 1 atom stereocenters. The van der Waals surface area contributed by atoms with E-state index >= 15 is 0 Å². The Kier molecular flexibility index (Phi) is 4.23. The van der Waals surface area contributed by atoms with Gasteiger partial charge in [0.15, 0.2) is 0 Å². The van der Waals surface area contributed by atoms with Gasteiger partial charge in [-0.05, 0) is 22.8 Å². The van der Waals surface area contributed by atoms with E-state index in [-0.39, 0.29) is 6.04 Å². The summed E-state index contributed by atoms with van der Waals surface area (Å²) in [6, 6.07) is 12.0. The van der Waals surface area contributed by atoms with Gasteiger partial charge in [-0.15, -0.1) is 6.58 Å². The molecule has 0 heterocycles. The predicted molar refractivity (Wildman–Crippen MR) is 81.4 cm³/mol. The van der Waals surface area contributed by atoms with E-state index in [9.17, 15) is 5.11 Å². The lowest BCUT2D eigenvalue weighted by Gasteiger charge is -2.24. The standard InChI is InChI=1S/C17H21NO/c1-4-11-18-17(12(2)3)16-14-8-6-5-7-13(14)9-10-15(16)19/h4-10,12,17-19H,1,11H2,2-3H3. The predicted octanol–water partition coefficient (Wildman–Crippen LogP) is 4.02. The second kappa shape index (κ2) is 5.89. The van der Waals surface area contributed by atoms with Crippen LogP contribution in [0.25, 0.3) is 10.8 Å². The van der Waals surface area contributed by atoms with Gasteiger partial charge in [-0.3, -0.25) is 0 Å². The molecular formula is C17H21NO. The van der Waals surface area contributed by atoms with Gasteiger partial charge in [0.2, 0.25) is 0 Å². The number of hydrogen-bond donors (Lipinski definition) is 2. The number of hydrogen-bond acceptors (Lipinski definition) is 2. The molecule has 2 aromatic rings. The summed E-state index contributed by atoms with van der Waals surface area (Å²) in [5, 5.41) is 16.0. The van der Waals surface area contributed by atoms with Crippen LogP contribution in [0.5, 0.6) is 5.75 Å². The molecule has 2 nitrogen and oxygen atoms in total. The molecule has 2 rings (SSSR count). The molecule has 0 amide bonds. The highest BCUT2D eigenvalue weighted by Crippen LogP contribution is 2.35. The van der Waals surface area contributed by atoms with Crippen molar-refractivity contribution in [2.75, 3.05) is 6.54 Å². The van der Waals surface area contributed by atoms with Crippen LogP contribution >= 0.6 is 0 Å². The van der Waals surface area contributed by atoms with Crippen molar-refractivity contribution in [3.05, 3.63) is 54.6 Å². The van der Waals surface area contributed by atoms with Gasteiger partial charge in [0, 0.05) is 18.2 Å². The molecule has 0 fully saturated rings. The smallest absolute Gasteiger partial charge is 0.121 e. The van der Waals surface area contributed by atoms with E-state index in [0.717, 1.165) is 22.9 Å². The average molecular weight is 255 g/mol. The van der Waals surface area contributed by atoms with Gasteiger partial charge < -0.3 is 10.4 Å². The van der Waals surface area contributed by atoms with Crippen molar-refractivity contribution in [1.82, 2.24) is 5.32 Å². The van der Waals surface area contributed by atoms with E-state index in [0.29, 0.717) is 11.7 Å². The summed E-state index contributed by atoms with van der Waals surface area (Å²) in [5.41, 5.74) is 0.981. The van der Waals surface area contributed by atoms with E-state index in [1.165, 1.54) is 0 Å². The van der Waals surface area contributed by atoms with Crippen molar-refractivity contribution in [2.24, 2.45) is 5.92 Å². The third-order valence-corrected chi connectivity index (χ3v) is 3.41. The maximum absolute atomic E-state index is 10.3. The highest BCUT2D eigenvalue weighted by atomic mass is 16.3. The van der Waals surface area contributed by atoms with Crippen LogP contribution in [0.1, 0.15) is 25.5 Å². The molecule has 2 aromatic carbocycles. The fourth-order valence-corrected chi connectivity index (χ4v) is 2.49.